The molecule has 1 heteroatoms. The van der Waals surface area contributed by atoms with Crippen LogP contribution in [-0.2, 0) is 6.42 Å². The first-order valence-electron chi connectivity index (χ1n) is 5.66. The van der Waals surface area contributed by atoms with Crippen molar-refractivity contribution in [2.24, 2.45) is 11.7 Å². The van der Waals surface area contributed by atoms with E-state index < -0.39 is 0 Å². The van der Waals surface area contributed by atoms with Gasteiger partial charge in [0.2, 0.25) is 0 Å². The second-order valence-corrected chi connectivity index (χ2v) is 4.38. The first kappa shape index (κ1) is 9.72. The first-order valence-corrected chi connectivity index (χ1v) is 5.66. The van der Waals surface area contributed by atoms with E-state index in [1.807, 2.05) is 0 Å². The minimum atomic E-state index is 0.434. The number of aryl methyl sites for hydroxylation is 1. The highest BCUT2D eigenvalue weighted by molar-refractivity contribution is 5.14. The van der Waals surface area contributed by atoms with Crippen molar-refractivity contribution in [1.29, 1.82) is 0 Å². The SMILES string of the molecule is NC(CCc1ccccc1)C1CCC1. The van der Waals surface area contributed by atoms with Crippen LogP contribution in [0.3, 0.4) is 0 Å². The monoisotopic (exact) mass is 189 g/mol. The Balaban J connectivity index is 1.76. The standard InChI is InChI=1S/C13H19N/c14-13(12-7-4-8-12)10-9-11-5-2-1-3-6-11/h1-3,5-6,12-13H,4,7-10,14H2. The molecule has 1 aromatic rings. The fraction of sp³-hybridized carbons (Fsp3) is 0.538. The normalized spacial score (nSPS) is 18.9. The predicted octanol–water partition coefficient (Wildman–Crippen LogP) is 2.75. The molecule has 1 aliphatic carbocycles. The molecule has 0 aromatic heterocycles. The Morgan fingerprint density at radius 2 is 1.93 bits per heavy atom. The van der Waals surface area contributed by atoms with Gasteiger partial charge in [-0.05, 0) is 37.2 Å². The Hall–Kier alpha value is -0.820. The van der Waals surface area contributed by atoms with Crippen molar-refractivity contribution in [3.05, 3.63) is 35.9 Å². The molecular formula is C13H19N. The van der Waals surface area contributed by atoms with Gasteiger partial charge in [0, 0.05) is 6.04 Å². The van der Waals surface area contributed by atoms with Crippen molar-refractivity contribution < 1.29 is 0 Å². The van der Waals surface area contributed by atoms with E-state index in [1.165, 1.54) is 24.8 Å². The summed E-state index contributed by atoms with van der Waals surface area (Å²) in [5, 5.41) is 0. The van der Waals surface area contributed by atoms with Gasteiger partial charge < -0.3 is 5.73 Å². The lowest BCUT2D eigenvalue weighted by molar-refractivity contribution is 0.253. The molecule has 1 atom stereocenters. The summed E-state index contributed by atoms with van der Waals surface area (Å²) in [4.78, 5) is 0. The highest BCUT2D eigenvalue weighted by atomic mass is 14.7. The third-order valence-corrected chi connectivity index (χ3v) is 3.36. The summed E-state index contributed by atoms with van der Waals surface area (Å²) in [5.41, 5.74) is 7.55. The summed E-state index contributed by atoms with van der Waals surface area (Å²) < 4.78 is 0. The zero-order valence-corrected chi connectivity index (χ0v) is 8.65. The molecule has 0 aliphatic heterocycles. The van der Waals surface area contributed by atoms with Gasteiger partial charge in [0.15, 0.2) is 0 Å². The van der Waals surface area contributed by atoms with Crippen LogP contribution in [0.15, 0.2) is 30.3 Å². The third-order valence-electron chi connectivity index (χ3n) is 3.36. The molecule has 0 bridgehead atoms. The Morgan fingerprint density at radius 1 is 1.21 bits per heavy atom. The Kier molecular flexibility index (Phi) is 3.20. The van der Waals surface area contributed by atoms with E-state index >= 15 is 0 Å². The maximum atomic E-state index is 6.13. The minimum Gasteiger partial charge on any atom is -0.327 e. The van der Waals surface area contributed by atoms with Gasteiger partial charge in [0.05, 0.1) is 0 Å². The molecule has 0 amide bonds. The highest BCUT2D eigenvalue weighted by Gasteiger charge is 2.23. The van der Waals surface area contributed by atoms with Gasteiger partial charge in [0.1, 0.15) is 0 Å². The molecule has 0 radical (unpaired) electrons. The van der Waals surface area contributed by atoms with Crippen LogP contribution in [0.25, 0.3) is 0 Å². The van der Waals surface area contributed by atoms with Crippen LogP contribution >= 0.6 is 0 Å². The second kappa shape index (κ2) is 4.61. The van der Waals surface area contributed by atoms with E-state index in [9.17, 15) is 0 Å². The van der Waals surface area contributed by atoms with Gasteiger partial charge in [-0.25, -0.2) is 0 Å². The van der Waals surface area contributed by atoms with E-state index in [0.29, 0.717) is 6.04 Å². The molecule has 0 spiro atoms. The van der Waals surface area contributed by atoms with Gasteiger partial charge in [-0.15, -0.1) is 0 Å². The lowest BCUT2D eigenvalue weighted by atomic mass is 9.78. The molecule has 1 nitrogen and oxygen atoms in total. The number of benzene rings is 1. The van der Waals surface area contributed by atoms with Crippen LogP contribution in [0.1, 0.15) is 31.2 Å². The van der Waals surface area contributed by atoms with Crippen molar-refractivity contribution >= 4 is 0 Å². The largest absolute Gasteiger partial charge is 0.327 e. The van der Waals surface area contributed by atoms with Crippen LogP contribution in [0, 0.1) is 5.92 Å². The Labute approximate surface area is 86.3 Å². The first-order chi connectivity index (χ1) is 6.86. The molecule has 1 unspecified atom stereocenters. The molecule has 2 rings (SSSR count). The van der Waals surface area contributed by atoms with Crippen molar-refractivity contribution in [3.63, 3.8) is 0 Å². The Morgan fingerprint density at radius 3 is 2.50 bits per heavy atom. The van der Waals surface area contributed by atoms with E-state index in [0.717, 1.165) is 18.8 Å². The summed E-state index contributed by atoms with van der Waals surface area (Å²) in [6.07, 6.45) is 6.39. The zero-order chi connectivity index (χ0) is 9.80. The van der Waals surface area contributed by atoms with Crippen LogP contribution in [-0.4, -0.2) is 6.04 Å². The summed E-state index contributed by atoms with van der Waals surface area (Å²) in [5.74, 6) is 0.818. The average Bonchev–Trinajstić information content (AvgIpc) is 2.14. The maximum Gasteiger partial charge on any atom is 0.00703 e. The molecule has 1 saturated carbocycles. The smallest absolute Gasteiger partial charge is 0.00703 e. The van der Waals surface area contributed by atoms with Crippen LogP contribution < -0.4 is 5.73 Å². The van der Waals surface area contributed by atoms with Gasteiger partial charge in [-0.3, -0.25) is 0 Å². The molecule has 14 heavy (non-hydrogen) atoms. The molecular weight excluding hydrogens is 170 g/mol. The fourth-order valence-corrected chi connectivity index (χ4v) is 2.08. The fourth-order valence-electron chi connectivity index (χ4n) is 2.08. The molecule has 2 N–H and O–H groups in total. The Bertz CT molecular complexity index is 264. The third kappa shape index (κ3) is 2.36. The van der Waals surface area contributed by atoms with Gasteiger partial charge in [-0.2, -0.15) is 0 Å². The minimum absolute atomic E-state index is 0.434. The van der Waals surface area contributed by atoms with Crippen LogP contribution in [0.5, 0.6) is 0 Å². The molecule has 1 aromatic carbocycles. The van der Waals surface area contributed by atoms with E-state index in [4.69, 9.17) is 5.73 Å². The maximum absolute atomic E-state index is 6.13. The average molecular weight is 189 g/mol. The number of hydrogen-bond acceptors (Lipinski definition) is 1. The molecule has 76 valence electrons. The van der Waals surface area contributed by atoms with Crippen LogP contribution in [0.4, 0.5) is 0 Å². The molecule has 1 aliphatic rings. The summed E-state index contributed by atoms with van der Waals surface area (Å²) in [6.45, 7) is 0. The molecule has 0 saturated heterocycles. The van der Waals surface area contributed by atoms with Crippen molar-refractivity contribution in [2.45, 2.75) is 38.1 Å². The van der Waals surface area contributed by atoms with Crippen molar-refractivity contribution in [3.8, 4) is 0 Å². The van der Waals surface area contributed by atoms with Gasteiger partial charge in [0.25, 0.3) is 0 Å². The summed E-state index contributed by atoms with van der Waals surface area (Å²) >= 11 is 0. The van der Waals surface area contributed by atoms with Crippen molar-refractivity contribution in [2.75, 3.05) is 0 Å². The van der Waals surface area contributed by atoms with E-state index in [2.05, 4.69) is 30.3 Å². The topological polar surface area (TPSA) is 26.0 Å². The highest BCUT2D eigenvalue weighted by Crippen LogP contribution is 2.30. The quantitative estimate of drug-likeness (QED) is 0.774. The predicted molar refractivity (Wildman–Crippen MR) is 60.1 cm³/mol. The lowest BCUT2D eigenvalue weighted by Gasteiger charge is -2.31. The molecule has 0 heterocycles. The van der Waals surface area contributed by atoms with E-state index in [1.54, 1.807) is 0 Å². The van der Waals surface area contributed by atoms with Crippen LogP contribution in [0.2, 0.25) is 0 Å². The number of hydrogen-bond donors (Lipinski definition) is 1. The summed E-state index contributed by atoms with van der Waals surface area (Å²) in [7, 11) is 0. The van der Waals surface area contributed by atoms with Gasteiger partial charge >= 0.3 is 0 Å². The van der Waals surface area contributed by atoms with E-state index in [-0.39, 0.29) is 0 Å². The number of nitrogens with two attached hydrogens (primary N) is 1. The second-order valence-electron chi connectivity index (χ2n) is 4.38. The molecule has 1 fully saturated rings. The summed E-state index contributed by atoms with van der Waals surface area (Å²) in [6, 6.07) is 11.1. The number of rotatable bonds is 4. The van der Waals surface area contributed by atoms with Gasteiger partial charge in [-0.1, -0.05) is 36.8 Å². The lowest BCUT2D eigenvalue weighted by Crippen LogP contribution is -2.34. The zero-order valence-electron chi connectivity index (χ0n) is 8.65. The van der Waals surface area contributed by atoms with Crippen molar-refractivity contribution in [1.82, 2.24) is 0 Å².